The van der Waals surface area contributed by atoms with Crippen LogP contribution in [0.3, 0.4) is 0 Å². The molecule has 4 heterocycles. The van der Waals surface area contributed by atoms with E-state index < -0.39 is 0 Å². The summed E-state index contributed by atoms with van der Waals surface area (Å²) in [5, 5.41) is 5.88. The van der Waals surface area contributed by atoms with Gasteiger partial charge in [-0.1, -0.05) is 17.3 Å². The fourth-order valence-electron chi connectivity index (χ4n) is 3.86. The van der Waals surface area contributed by atoms with Gasteiger partial charge in [-0.3, -0.25) is 9.80 Å². The molecule has 2 N–H and O–H groups in total. The van der Waals surface area contributed by atoms with E-state index in [0.29, 0.717) is 11.5 Å². The van der Waals surface area contributed by atoms with Crippen LogP contribution in [-0.4, -0.2) is 56.1 Å². The molecule has 3 aromatic heterocycles. The highest BCUT2D eigenvalue weighted by Gasteiger charge is 2.19. The number of nitrogens with zero attached hydrogens (tertiary/aromatic N) is 6. The quantitative estimate of drug-likeness (QED) is 0.568. The molecule has 0 spiro atoms. The summed E-state index contributed by atoms with van der Waals surface area (Å²) in [7, 11) is 0. The highest BCUT2D eigenvalue weighted by molar-refractivity contribution is 5.87. The van der Waals surface area contributed by atoms with Gasteiger partial charge in [-0.25, -0.2) is 15.0 Å². The maximum Gasteiger partial charge on any atom is 0.257 e. The average molecular weight is 389 g/mol. The Kier molecular flexibility index (Phi) is 4.57. The number of nitrogen functional groups attached to an aromatic ring is 1. The molecule has 1 aromatic carbocycles. The number of hydrogen-bond donors (Lipinski definition) is 1. The minimum Gasteiger partial charge on any atom is -0.383 e. The summed E-state index contributed by atoms with van der Waals surface area (Å²) in [4.78, 5) is 18.4. The smallest absolute Gasteiger partial charge is 0.257 e. The van der Waals surface area contributed by atoms with E-state index in [1.165, 1.54) is 5.56 Å². The van der Waals surface area contributed by atoms with Gasteiger partial charge in [0.1, 0.15) is 11.6 Å². The van der Waals surface area contributed by atoms with E-state index in [1.54, 1.807) is 0 Å². The minimum absolute atomic E-state index is 0.552. The molecule has 0 amide bonds. The molecule has 0 radical (unpaired) electrons. The first-order valence-electron chi connectivity index (χ1n) is 9.82. The molecule has 8 heteroatoms. The van der Waals surface area contributed by atoms with Gasteiger partial charge < -0.3 is 10.3 Å². The number of pyridine rings is 1. The summed E-state index contributed by atoms with van der Waals surface area (Å²) in [5.41, 5.74) is 9.69. The van der Waals surface area contributed by atoms with Crippen molar-refractivity contribution in [3.63, 3.8) is 0 Å². The van der Waals surface area contributed by atoms with E-state index in [-0.39, 0.29) is 0 Å². The highest BCUT2D eigenvalue weighted by Crippen LogP contribution is 2.20. The van der Waals surface area contributed by atoms with Crippen molar-refractivity contribution < 1.29 is 4.52 Å². The van der Waals surface area contributed by atoms with Gasteiger partial charge in [-0.05, 0) is 30.7 Å². The molecule has 0 unspecified atom stereocenters. The molecule has 0 atom stereocenters. The van der Waals surface area contributed by atoms with Crippen molar-refractivity contribution in [1.82, 2.24) is 29.9 Å². The van der Waals surface area contributed by atoms with E-state index >= 15 is 0 Å². The molecule has 1 saturated heterocycles. The van der Waals surface area contributed by atoms with Gasteiger partial charge in [-0.2, -0.15) is 0 Å². The molecule has 1 aliphatic heterocycles. The zero-order valence-electron chi connectivity index (χ0n) is 16.4. The summed E-state index contributed by atoms with van der Waals surface area (Å²) >= 11 is 0. The summed E-state index contributed by atoms with van der Waals surface area (Å²) < 4.78 is 5.20. The second-order valence-electron chi connectivity index (χ2n) is 7.56. The van der Waals surface area contributed by atoms with Crippen LogP contribution in [0.15, 0.2) is 41.1 Å². The van der Waals surface area contributed by atoms with Gasteiger partial charge in [0.2, 0.25) is 0 Å². The van der Waals surface area contributed by atoms with Gasteiger partial charge in [0, 0.05) is 44.3 Å². The van der Waals surface area contributed by atoms with Crippen molar-refractivity contribution in [2.75, 3.05) is 31.9 Å². The second kappa shape index (κ2) is 7.38. The molecule has 0 saturated carbocycles. The number of anilines is 1. The Balaban J connectivity index is 1.21. The third kappa shape index (κ3) is 3.64. The Hall–Kier alpha value is -3.10. The number of para-hydroxylation sites is 1. The standard InChI is InChI=1S/C21H23N7O/c1-14-17-10-15(11-23-21(17)29-26-14)12-27-6-8-28(9-7-27)13-19-24-18-5-3-2-4-16(18)20(22)25-19/h2-5,10-11H,6-9,12-13H2,1H3,(H2,22,24,25). The van der Waals surface area contributed by atoms with Crippen LogP contribution in [0.4, 0.5) is 5.82 Å². The molecule has 1 fully saturated rings. The largest absolute Gasteiger partial charge is 0.383 e. The molecule has 5 rings (SSSR count). The van der Waals surface area contributed by atoms with E-state index in [1.807, 2.05) is 37.4 Å². The first kappa shape index (κ1) is 18.0. The Morgan fingerprint density at radius 3 is 2.59 bits per heavy atom. The van der Waals surface area contributed by atoms with Crippen LogP contribution in [0.1, 0.15) is 17.1 Å². The van der Waals surface area contributed by atoms with Crippen LogP contribution < -0.4 is 5.73 Å². The van der Waals surface area contributed by atoms with E-state index in [9.17, 15) is 0 Å². The number of nitrogens with two attached hydrogens (primary N) is 1. The topological polar surface area (TPSA) is 97.2 Å². The first-order valence-corrected chi connectivity index (χ1v) is 9.82. The molecule has 0 bridgehead atoms. The number of aromatic nitrogens is 4. The summed E-state index contributed by atoms with van der Waals surface area (Å²) in [6, 6.07) is 10.0. The fraction of sp³-hybridized carbons (Fsp3) is 0.333. The normalized spacial score (nSPS) is 16.0. The van der Waals surface area contributed by atoms with E-state index in [2.05, 4.69) is 36.0 Å². The third-order valence-electron chi connectivity index (χ3n) is 5.48. The Bertz CT molecular complexity index is 1160. The minimum atomic E-state index is 0.552. The van der Waals surface area contributed by atoms with Gasteiger partial charge in [-0.15, -0.1) is 0 Å². The number of benzene rings is 1. The number of fused-ring (bicyclic) bond motifs is 2. The van der Waals surface area contributed by atoms with Crippen molar-refractivity contribution in [3.05, 3.63) is 53.6 Å². The van der Waals surface area contributed by atoms with Crippen LogP contribution in [0, 0.1) is 6.92 Å². The predicted octanol–water partition coefficient (Wildman–Crippen LogP) is 2.37. The van der Waals surface area contributed by atoms with Gasteiger partial charge in [0.15, 0.2) is 0 Å². The molecular weight excluding hydrogens is 366 g/mol. The maximum absolute atomic E-state index is 6.12. The lowest BCUT2D eigenvalue weighted by Crippen LogP contribution is -2.45. The van der Waals surface area contributed by atoms with E-state index in [0.717, 1.165) is 67.1 Å². The number of hydrogen-bond acceptors (Lipinski definition) is 8. The van der Waals surface area contributed by atoms with E-state index in [4.69, 9.17) is 10.3 Å². The summed E-state index contributed by atoms with van der Waals surface area (Å²) in [5.74, 6) is 1.34. The first-order chi connectivity index (χ1) is 14.2. The molecule has 29 heavy (non-hydrogen) atoms. The van der Waals surface area contributed by atoms with Crippen LogP contribution in [0.25, 0.3) is 22.0 Å². The van der Waals surface area contributed by atoms with Gasteiger partial charge >= 0.3 is 0 Å². The van der Waals surface area contributed by atoms with Crippen molar-refractivity contribution in [3.8, 4) is 0 Å². The molecule has 4 aromatic rings. The maximum atomic E-state index is 6.12. The van der Waals surface area contributed by atoms with Crippen molar-refractivity contribution >= 4 is 27.8 Å². The lowest BCUT2D eigenvalue weighted by molar-refractivity contribution is 0.120. The number of aryl methyl sites for hydroxylation is 1. The average Bonchev–Trinajstić information content (AvgIpc) is 3.10. The Morgan fingerprint density at radius 1 is 1.00 bits per heavy atom. The molecule has 0 aliphatic carbocycles. The number of rotatable bonds is 4. The lowest BCUT2D eigenvalue weighted by Gasteiger charge is -2.34. The van der Waals surface area contributed by atoms with Gasteiger partial charge in [0.25, 0.3) is 5.71 Å². The SMILES string of the molecule is Cc1noc2ncc(CN3CCN(Cc4nc(N)c5ccccc5n4)CC3)cc12. The monoisotopic (exact) mass is 389 g/mol. The summed E-state index contributed by atoms with van der Waals surface area (Å²) in [6.45, 7) is 7.46. The molecule has 8 nitrogen and oxygen atoms in total. The predicted molar refractivity (Wildman–Crippen MR) is 111 cm³/mol. The second-order valence-corrected chi connectivity index (χ2v) is 7.56. The van der Waals surface area contributed by atoms with Crippen LogP contribution in [-0.2, 0) is 13.1 Å². The van der Waals surface area contributed by atoms with Crippen LogP contribution >= 0.6 is 0 Å². The molecule has 1 aliphatic rings. The zero-order valence-corrected chi connectivity index (χ0v) is 16.4. The zero-order chi connectivity index (χ0) is 19.8. The number of piperazine rings is 1. The van der Waals surface area contributed by atoms with Crippen LogP contribution in [0.5, 0.6) is 0 Å². The van der Waals surface area contributed by atoms with Gasteiger partial charge in [0.05, 0.1) is 23.1 Å². The lowest BCUT2D eigenvalue weighted by atomic mass is 10.2. The Morgan fingerprint density at radius 2 is 1.76 bits per heavy atom. The van der Waals surface area contributed by atoms with Crippen LogP contribution in [0.2, 0.25) is 0 Å². The fourth-order valence-corrected chi connectivity index (χ4v) is 3.86. The van der Waals surface area contributed by atoms with Crippen molar-refractivity contribution in [2.45, 2.75) is 20.0 Å². The summed E-state index contributed by atoms with van der Waals surface area (Å²) in [6.07, 6.45) is 1.88. The Labute approximate surface area is 168 Å². The van der Waals surface area contributed by atoms with Crippen molar-refractivity contribution in [1.29, 1.82) is 0 Å². The molecule has 148 valence electrons. The highest BCUT2D eigenvalue weighted by atomic mass is 16.5. The van der Waals surface area contributed by atoms with Crippen molar-refractivity contribution in [2.24, 2.45) is 0 Å². The third-order valence-corrected chi connectivity index (χ3v) is 5.48. The molecular formula is C21H23N7O.